The Morgan fingerprint density at radius 2 is 1.94 bits per heavy atom. The molecule has 1 N–H and O–H groups in total. The van der Waals surface area contributed by atoms with E-state index < -0.39 is 0 Å². The fourth-order valence-electron chi connectivity index (χ4n) is 3.43. The van der Waals surface area contributed by atoms with Crippen LogP contribution in [0.2, 0.25) is 0 Å². The van der Waals surface area contributed by atoms with Crippen LogP contribution < -0.4 is 5.32 Å². The van der Waals surface area contributed by atoms with Gasteiger partial charge < -0.3 is 10.1 Å². The summed E-state index contributed by atoms with van der Waals surface area (Å²) in [6.45, 7) is 4.82. The lowest BCUT2D eigenvalue weighted by molar-refractivity contribution is 0.0540. The van der Waals surface area contributed by atoms with E-state index in [9.17, 15) is 0 Å². The maximum absolute atomic E-state index is 5.50. The van der Waals surface area contributed by atoms with Crippen molar-refractivity contribution in [3.63, 3.8) is 0 Å². The van der Waals surface area contributed by atoms with E-state index in [1.165, 1.54) is 44.9 Å². The van der Waals surface area contributed by atoms with Gasteiger partial charge in [-0.25, -0.2) is 0 Å². The molecule has 2 aliphatic rings. The van der Waals surface area contributed by atoms with Gasteiger partial charge in [0, 0.05) is 19.2 Å². The van der Waals surface area contributed by atoms with Crippen LogP contribution in [0.1, 0.15) is 58.8 Å². The second kappa shape index (κ2) is 5.05. The Kier molecular flexibility index (Phi) is 3.91. The van der Waals surface area contributed by atoms with Gasteiger partial charge in [0.2, 0.25) is 0 Å². The minimum absolute atomic E-state index is 0.496. The third-order valence-corrected chi connectivity index (χ3v) is 4.65. The monoisotopic (exact) mass is 225 g/mol. The van der Waals surface area contributed by atoms with Crippen LogP contribution in [-0.2, 0) is 4.74 Å². The largest absolute Gasteiger partial charge is 0.381 e. The molecule has 0 saturated heterocycles. The molecule has 2 aliphatic carbocycles. The molecule has 0 aromatic rings. The van der Waals surface area contributed by atoms with Crippen LogP contribution in [0.25, 0.3) is 0 Å². The molecule has 2 heteroatoms. The normalized spacial score (nSPS) is 38.8. The molecule has 3 atom stereocenters. The van der Waals surface area contributed by atoms with Gasteiger partial charge in [0.05, 0.1) is 6.10 Å². The Morgan fingerprint density at radius 3 is 2.56 bits per heavy atom. The van der Waals surface area contributed by atoms with Crippen LogP contribution in [-0.4, -0.2) is 25.3 Å². The van der Waals surface area contributed by atoms with Gasteiger partial charge in [-0.3, -0.25) is 0 Å². The predicted molar refractivity (Wildman–Crippen MR) is 67.6 cm³/mol. The summed E-state index contributed by atoms with van der Waals surface area (Å²) in [6.07, 6.45) is 9.76. The highest BCUT2D eigenvalue weighted by molar-refractivity contribution is 4.93. The summed E-state index contributed by atoms with van der Waals surface area (Å²) in [5.41, 5.74) is 0.500. The van der Waals surface area contributed by atoms with Crippen molar-refractivity contribution in [1.29, 1.82) is 0 Å². The molecule has 94 valence electrons. The zero-order valence-electron chi connectivity index (χ0n) is 11.1. The molecule has 0 bridgehead atoms. The number of ether oxygens (including phenoxy) is 1. The molecular weight excluding hydrogens is 198 g/mol. The van der Waals surface area contributed by atoms with Crippen molar-refractivity contribution < 1.29 is 4.74 Å². The van der Waals surface area contributed by atoms with E-state index in [-0.39, 0.29) is 0 Å². The van der Waals surface area contributed by atoms with E-state index in [2.05, 4.69) is 19.2 Å². The second-order valence-electron chi connectivity index (χ2n) is 6.32. The summed E-state index contributed by atoms with van der Waals surface area (Å²) in [5.74, 6) is 0. The Hall–Kier alpha value is -0.0800. The Labute approximate surface area is 100 Å². The molecular formula is C14H27NO. The molecule has 0 radical (unpaired) electrons. The molecule has 2 fully saturated rings. The first-order valence-electron chi connectivity index (χ1n) is 6.90. The van der Waals surface area contributed by atoms with Crippen molar-refractivity contribution in [2.24, 2.45) is 5.41 Å². The zero-order chi connectivity index (χ0) is 11.6. The SMILES string of the molecule is COC1CCCC(NC2CCCC2(C)C)C1. The molecule has 2 saturated carbocycles. The van der Waals surface area contributed by atoms with Crippen molar-refractivity contribution in [3.05, 3.63) is 0 Å². The summed E-state index contributed by atoms with van der Waals surface area (Å²) >= 11 is 0. The quantitative estimate of drug-likeness (QED) is 0.797. The molecule has 16 heavy (non-hydrogen) atoms. The summed E-state index contributed by atoms with van der Waals surface area (Å²) in [5, 5.41) is 3.89. The summed E-state index contributed by atoms with van der Waals surface area (Å²) in [6, 6.07) is 1.43. The first kappa shape index (κ1) is 12.4. The van der Waals surface area contributed by atoms with Gasteiger partial charge in [0.25, 0.3) is 0 Å². The maximum atomic E-state index is 5.50. The number of hydrogen-bond donors (Lipinski definition) is 1. The molecule has 0 aliphatic heterocycles. The minimum atomic E-state index is 0.496. The number of rotatable bonds is 3. The lowest BCUT2D eigenvalue weighted by Gasteiger charge is -2.35. The lowest BCUT2D eigenvalue weighted by atomic mass is 9.85. The van der Waals surface area contributed by atoms with Gasteiger partial charge in [0.15, 0.2) is 0 Å². The topological polar surface area (TPSA) is 21.3 Å². The second-order valence-corrected chi connectivity index (χ2v) is 6.32. The average Bonchev–Trinajstić information content (AvgIpc) is 2.59. The van der Waals surface area contributed by atoms with Crippen LogP contribution in [0, 0.1) is 5.41 Å². The third kappa shape index (κ3) is 2.78. The van der Waals surface area contributed by atoms with Crippen molar-refractivity contribution in [2.45, 2.75) is 77.0 Å². The Bertz CT molecular complexity index is 227. The van der Waals surface area contributed by atoms with Crippen LogP contribution in [0.15, 0.2) is 0 Å². The van der Waals surface area contributed by atoms with Gasteiger partial charge in [-0.05, 0) is 43.9 Å². The highest BCUT2D eigenvalue weighted by Crippen LogP contribution is 2.38. The highest BCUT2D eigenvalue weighted by atomic mass is 16.5. The first-order chi connectivity index (χ1) is 7.62. The molecule has 2 rings (SSSR count). The molecule has 0 spiro atoms. The third-order valence-electron chi connectivity index (χ3n) is 4.65. The van der Waals surface area contributed by atoms with Crippen LogP contribution in [0.5, 0.6) is 0 Å². The molecule has 0 amide bonds. The zero-order valence-corrected chi connectivity index (χ0v) is 11.1. The average molecular weight is 225 g/mol. The van der Waals surface area contributed by atoms with Crippen molar-refractivity contribution in [2.75, 3.05) is 7.11 Å². The van der Waals surface area contributed by atoms with E-state index in [1.807, 2.05) is 7.11 Å². The fraction of sp³-hybridized carbons (Fsp3) is 1.00. The van der Waals surface area contributed by atoms with Crippen molar-refractivity contribution >= 4 is 0 Å². The highest BCUT2D eigenvalue weighted by Gasteiger charge is 2.36. The van der Waals surface area contributed by atoms with Gasteiger partial charge in [0.1, 0.15) is 0 Å². The van der Waals surface area contributed by atoms with E-state index in [1.54, 1.807) is 0 Å². The summed E-state index contributed by atoms with van der Waals surface area (Å²) < 4.78 is 5.50. The van der Waals surface area contributed by atoms with E-state index in [0.717, 1.165) is 6.04 Å². The van der Waals surface area contributed by atoms with Gasteiger partial charge in [-0.15, -0.1) is 0 Å². The van der Waals surface area contributed by atoms with E-state index in [4.69, 9.17) is 4.74 Å². The Morgan fingerprint density at radius 1 is 1.12 bits per heavy atom. The van der Waals surface area contributed by atoms with Crippen LogP contribution >= 0.6 is 0 Å². The predicted octanol–water partition coefficient (Wildman–Crippen LogP) is 3.11. The van der Waals surface area contributed by atoms with E-state index >= 15 is 0 Å². The van der Waals surface area contributed by atoms with Crippen LogP contribution in [0.3, 0.4) is 0 Å². The molecule has 0 aromatic carbocycles. The van der Waals surface area contributed by atoms with Gasteiger partial charge in [-0.2, -0.15) is 0 Å². The van der Waals surface area contributed by atoms with E-state index in [0.29, 0.717) is 17.6 Å². The molecule has 0 heterocycles. The summed E-state index contributed by atoms with van der Waals surface area (Å²) in [7, 11) is 1.85. The fourth-order valence-corrected chi connectivity index (χ4v) is 3.43. The van der Waals surface area contributed by atoms with Gasteiger partial charge in [-0.1, -0.05) is 20.3 Å². The number of methoxy groups -OCH3 is 1. The number of nitrogens with one attached hydrogen (secondary N) is 1. The number of hydrogen-bond acceptors (Lipinski definition) is 2. The lowest BCUT2D eigenvalue weighted by Crippen LogP contribution is -2.46. The smallest absolute Gasteiger partial charge is 0.0586 e. The molecule has 2 nitrogen and oxygen atoms in total. The maximum Gasteiger partial charge on any atom is 0.0586 e. The molecule has 3 unspecified atom stereocenters. The van der Waals surface area contributed by atoms with Crippen molar-refractivity contribution in [3.8, 4) is 0 Å². The molecule has 0 aromatic heterocycles. The first-order valence-corrected chi connectivity index (χ1v) is 6.90. The van der Waals surface area contributed by atoms with Gasteiger partial charge >= 0.3 is 0 Å². The summed E-state index contributed by atoms with van der Waals surface area (Å²) in [4.78, 5) is 0. The standard InChI is InChI=1S/C14H27NO/c1-14(2)9-5-8-13(14)15-11-6-4-7-12(10-11)16-3/h11-13,15H,4-10H2,1-3H3. The minimum Gasteiger partial charge on any atom is -0.381 e. The van der Waals surface area contributed by atoms with Crippen LogP contribution in [0.4, 0.5) is 0 Å². The Balaban J connectivity index is 1.84. The van der Waals surface area contributed by atoms with Crippen molar-refractivity contribution in [1.82, 2.24) is 5.32 Å².